The topological polar surface area (TPSA) is 128 Å². The van der Waals surface area contributed by atoms with Crippen LogP contribution in [0.3, 0.4) is 0 Å². The molecule has 0 fully saturated rings. The largest absolute Gasteiger partial charge is 0.478 e. The molecule has 0 saturated carbocycles. The highest BCUT2D eigenvalue weighted by atomic mass is 16.7. The lowest BCUT2D eigenvalue weighted by Gasteiger charge is -2.14. The molecular formula is C32H27N7O4. The second-order valence-corrected chi connectivity index (χ2v) is 9.99. The predicted molar refractivity (Wildman–Crippen MR) is 159 cm³/mol. The van der Waals surface area contributed by atoms with Crippen LogP contribution in [0.4, 0.5) is 0 Å². The van der Waals surface area contributed by atoms with Gasteiger partial charge in [0.2, 0.25) is 0 Å². The molecule has 1 amide bonds. The third-order valence-electron chi connectivity index (χ3n) is 7.21. The molecule has 43 heavy (non-hydrogen) atoms. The van der Waals surface area contributed by atoms with E-state index in [1.165, 1.54) is 12.2 Å². The molecule has 2 heterocycles. The molecule has 0 saturated heterocycles. The summed E-state index contributed by atoms with van der Waals surface area (Å²) in [6, 6.07) is 26.1. The molecule has 0 atom stereocenters. The van der Waals surface area contributed by atoms with Crippen LogP contribution in [0.5, 0.6) is 0 Å². The van der Waals surface area contributed by atoms with E-state index in [4.69, 9.17) is 4.84 Å². The van der Waals surface area contributed by atoms with Crippen molar-refractivity contribution in [3.8, 4) is 22.5 Å². The van der Waals surface area contributed by atoms with Gasteiger partial charge in [0.1, 0.15) is 11.4 Å². The Morgan fingerprint density at radius 1 is 0.791 bits per heavy atom. The van der Waals surface area contributed by atoms with E-state index < -0.39 is 5.97 Å². The first-order valence-corrected chi connectivity index (χ1v) is 13.5. The highest BCUT2D eigenvalue weighted by Gasteiger charge is 2.14. The van der Waals surface area contributed by atoms with E-state index in [0.717, 1.165) is 39.0 Å². The van der Waals surface area contributed by atoms with Gasteiger partial charge in [-0.25, -0.2) is 19.2 Å². The Hall–Kier alpha value is -5.68. The Bertz CT molecular complexity index is 1950. The maximum atomic E-state index is 12.4. The zero-order chi connectivity index (χ0) is 29.9. The summed E-state index contributed by atoms with van der Waals surface area (Å²) in [7, 11) is 3.01. The van der Waals surface area contributed by atoms with Gasteiger partial charge >= 0.3 is 5.97 Å². The molecule has 0 unspecified atom stereocenters. The van der Waals surface area contributed by atoms with Gasteiger partial charge in [-0.15, -0.1) is 10.2 Å². The van der Waals surface area contributed by atoms with Gasteiger partial charge in [-0.1, -0.05) is 77.2 Å². The summed E-state index contributed by atoms with van der Waals surface area (Å²) < 4.78 is 3.47. The number of carbonyl (C=O) groups is 2. The number of hydrogen-bond donors (Lipinski definition) is 1. The van der Waals surface area contributed by atoms with Crippen LogP contribution in [0.15, 0.2) is 97.3 Å². The summed E-state index contributed by atoms with van der Waals surface area (Å²) in [5.74, 6) is -1.18. The Morgan fingerprint density at radius 3 is 2.05 bits per heavy atom. The van der Waals surface area contributed by atoms with Gasteiger partial charge in [0.25, 0.3) is 5.91 Å². The Morgan fingerprint density at radius 2 is 1.40 bits per heavy atom. The van der Waals surface area contributed by atoms with E-state index >= 15 is 0 Å². The fourth-order valence-electron chi connectivity index (χ4n) is 4.96. The molecule has 4 aromatic carbocycles. The third kappa shape index (κ3) is 5.74. The standard InChI is InChI=1S/C32H27N7O4/c1-37(43-2)31(40)24-7-3-6-21(16-24)17-38-19-29(33-35-38)22-12-14-23(15-13-22)30-20-39(36-34-30)18-25-8-4-10-27-26(25)9-5-11-28(27)32(41)42/h3-16,19-20H,17-18H2,1-2H3,(H,41,42). The molecule has 6 rings (SSSR count). The Kier molecular flexibility index (Phi) is 7.46. The second kappa shape index (κ2) is 11.7. The van der Waals surface area contributed by atoms with Gasteiger partial charge in [0.05, 0.1) is 38.2 Å². The minimum Gasteiger partial charge on any atom is -0.478 e. The average molecular weight is 574 g/mol. The summed E-state index contributed by atoms with van der Waals surface area (Å²) >= 11 is 0. The number of nitrogens with zero attached hydrogens (tertiary/aromatic N) is 7. The average Bonchev–Trinajstić information content (AvgIpc) is 3.70. The predicted octanol–water partition coefficient (Wildman–Crippen LogP) is 4.79. The minimum atomic E-state index is -0.953. The van der Waals surface area contributed by atoms with Crippen molar-refractivity contribution in [2.75, 3.05) is 14.2 Å². The number of hydroxylamine groups is 2. The molecule has 0 aliphatic rings. The second-order valence-electron chi connectivity index (χ2n) is 9.99. The van der Waals surface area contributed by atoms with E-state index in [9.17, 15) is 14.7 Å². The van der Waals surface area contributed by atoms with Crippen molar-refractivity contribution in [1.82, 2.24) is 35.1 Å². The molecule has 0 spiro atoms. The SMILES string of the molecule is CON(C)C(=O)c1cccc(Cn2cc(-c3ccc(-c4cn(Cc5cccc6c(C(=O)O)cccc56)nn4)cc3)nn2)c1. The molecule has 214 valence electrons. The van der Waals surface area contributed by atoms with Gasteiger partial charge in [-0.3, -0.25) is 9.63 Å². The Balaban J connectivity index is 1.15. The van der Waals surface area contributed by atoms with Gasteiger partial charge < -0.3 is 5.11 Å². The number of fused-ring (bicyclic) bond motifs is 1. The normalized spacial score (nSPS) is 11.1. The molecule has 1 N–H and O–H groups in total. The maximum absolute atomic E-state index is 12.4. The third-order valence-corrected chi connectivity index (χ3v) is 7.21. The Labute approximate surface area is 246 Å². The van der Waals surface area contributed by atoms with E-state index in [1.807, 2.05) is 79.1 Å². The lowest BCUT2D eigenvalue weighted by atomic mass is 10.00. The number of aromatic carboxylic acids is 1. The monoisotopic (exact) mass is 573 g/mol. The van der Waals surface area contributed by atoms with Crippen molar-refractivity contribution in [2.24, 2.45) is 0 Å². The number of carboxylic acid groups (broad SMARTS) is 1. The highest BCUT2D eigenvalue weighted by Crippen LogP contribution is 2.25. The van der Waals surface area contributed by atoms with Crippen molar-refractivity contribution in [2.45, 2.75) is 13.1 Å². The zero-order valence-corrected chi connectivity index (χ0v) is 23.5. The lowest BCUT2D eigenvalue weighted by Crippen LogP contribution is -2.25. The van der Waals surface area contributed by atoms with Crippen LogP contribution in [0, 0.1) is 0 Å². The molecule has 6 aromatic rings. The fraction of sp³-hybridized carbons (Fsp3) is 0.125. The maximum Gasteiger partial charge on any atom is 0.336 e. The van der Waals surface area contributed by atoms with E-state index in [-0.39, 0.29) is 11.5 Å². The molecule has 2 aromatic heterocycles. The number of hydrogen-bond acceptors (Lipinski definition) is 7. The number of amides is 1. The van der Waals surface area contributed by atoms with Crippen LogP contribution in [0.2, 0.25) is 0 Å². The minimum absolute atomic E-state index is 0.230. The quantitative estimate of drug-likeness (QED) is 0.245. The van der Waals surface area contributed by atoms with Crippen molar-refractivity contribution in [3.05, 3.63) is 120 Å². The first kappa shape index (κ1) is 27.5. The summed E-state index contributed by atoms with van der Waals surface area (Å²) in [4.78, 5) is 29.0. The van der Waals surface area contributed by atoms with E-state index in [0.29, 0.717) is 24.0 Å². The van der Waals surface area contributed by atoms with Crippen molar-refractivity contribution in [1.29, 1.82) is 0 Å². The summed E-state index contributed by atoms with van der Waals surface area (Å²) in [5.41, 5.74) is 5.91. The molecule has 0 aliphatic heterocycles. The number of carbonyl (C=O) groups excluding carboxylic acids is 1. The summed E-state index contributed by atoms with van der Waals surface area (Å²) in [6.45, 7) is 0.912. The van der Waals surface area contributed by atoms with Gasteiger partial charge in [-0.05, 0) is 40.1 Å². The smallest absolute Gasteiger partial charge is 0.336 e. The summed E-state index contributed by atoms with van der Waals surface area (Å²) in [5, 5.41) is 29.5. The van der Waals surface area contributed by atoms with Crippen LogP contribution in [-0.2, 0) is 17.9 Å². The number of benzene rings is 4. The van der Waals surface area contributed by atoms with Crippen molar-refractivity contribution < 1.29 is 19.5 Å². The van der Waals surface area contributed by atoms with Crippen LogP contribution in [0.1, 0.15) is 31.8 Å². The fourth-order valence-corrected chi connectivity index (χ4v) is 4.96. The number of aromatic nitrogens is 6. The first-order valence-electron chi connectivity index (χ1n) is 13.5. The molecule has 11 heteroatoms. The van der Waals surface area contributed by atoms with Gasteiger partial charge in [0.15, 0.2) is 0 Å². The molecular weight excluding hydrogens is 546 g/mol. The van der Waals surface area contributed by atoms with Crippen molar-refractivity contribution in [3.63, 3.8) is 0 Å². The van der Waals surface area contributed by atoms with Crippen LogP contribution in [0.25, 0.3) is 33.3 Å². The zero-order valence-electron chi connectivity index (χ0n) is 23.5. The molecule has 0 bridgehead atoms. The van der Waals surface area contributed by atoms with Crippen LogP contribution < -0.4 is 0 Å². The lowest BCUT2D eigenvalue weighted by molar-refractivity contribution is -0.0757. The van der Waals surface area contributed by atoms with Crippen LogP contribution in [-0.4, -0.2) is 66.2 Å². The van der Waals surface area contributed by atoms with Gasteiger partial charge in [0, 0.05) is 23.7 Å². The number of rotatable bonds is 9. The molecule has 0 radical (unpaired) electrons. The van der Waals surface area contributed by atoms with Gasteiger partial charge in [-0.2, -0.15) is 0 Å². The van der Waals surface area contributed by atoms with E-state index in [1.54, 1.807) is 34.6 Å². The molecule has 0 aliphatic carbocycles. The highest BCUT2D eigenvalue weighted by molar-refractivity contribution is 6.04. The van der Waals surface area contributed by atoms with Crippen molar-refractivity contribution >= 4 is 22.6 Å². The van der Waals surface area contributed by atoms with Crippen LogP contribution >= 0.6 is 0 Å². The number of carboxylic acids is 1. The summed E-state index contributed by atoms with van der Waals surface area (Å²) in [6.07, 6.45) is 3.73. The molecule has 11 nitrogen and oxygen atoms in total. The van der Waals surface area contributed by atoms with E-state index in [2.05, 4.69) is 20.6 Å². The first-order chi connectivity index (χ1) is 20.9.